The third-order valence-electron chi connectivity index (χ3n) is 3.96. The summed E-state index contributed by atoms with van der Waals surface area (Å²) in [7, 11) is 0. The number of nitrogens with zero attached hydrogens (tertiary/aromatic N) is 1. The van der Waals surface area contributed by atoms with Gasteiger partial charge in [0.05, 0.1) is 11.0 Å². The van der Waals surface area contributed by atoms with Gasteiger partial charge in [0.15, 0.2) is 0 Å². The SMILES string of the molecule is Cc1cc(=O)[nH]c2cc(F)ccc12.Cc1cc(Cl)nc2cc(F)ccc12. The number of pyridine rings is 2. The van der Waals surface area contributed by atoms with E-state index in [0.29, 0.717) is 16.2 Å². The summed E-state index contributed by atoms with van der Waals surface area (Å²) in [5, 5.41) is 2.21. The average molecular weight is 373 g/mol. The van der Waals surface area contributed by atoms with Crippen LogP contribution in [0.3, 0.4) is 0 Å². The summed E-state index contributed by atoms with van der Waals surface area (Å²) in [4.78, 5) is 17.6. The molecule has 4 aromatic rings. The van der Waals surface area contributed by atoms with Crippen molar-refractivity contribution in [1.82, 2.24) is 9.97 Å². The van der Waals surface area contributed by atoms with Gasteiger partial charge in [-0.2, -0.15) is 0 Å². The van der Waals surface area contributed by atoms with Gasteiger partial charge in [-0.05, 0) is 61.4 Å². The van der Waals surface area contributed by atoms with Gasteiger partial charge in [-0.25, -0.2) is 13.8 Å². The van der Waals surface area contributed by atoms with E-state index in [2.05, 4.69) is 9.97 Å². The Kier molecular flexibility index (Phi) is 5.00. The van der Waals surface area contributed by atoms with Crippen molar-refractivity contribution in [3.8, 4) is 0 Å². The number of aromatic nitrogens is 2. The molecule has 2 aromatic carbocycles. The molecular weight excluding hydrogens is 358 g/mol. The van der Waals surface area contributed by atoms with Gasteiger partial charge in [0.25, 0.3) is 0 Å². The van der Waals surface area contributed by atoms with Gasteiger partial charge in [-0.3, -0.25) is 4.79 Å². The normalized spacial score (nSPS) is 10.7. The number of benzene rings is 2. The van der Waals surface area contributed by atoms with E-state index >= 15 is 0 Å². The third kappa shape index (κ3) is 3.89. The summed E-state index contributed by atoms with van der Waals surface area (Å²) in [6.45, 7) is 3.75. The van der Waals surface area contributed by atoms with Crippen molar-refractivity contribution < 1.29 is 8.78 Å². The van der Waals surface area contributed by atoms with E-state index in [1.54, 1.807) is 18.2 Å². The van der Waals surface area contributed by atoms with Crippen LogP contribution in [0.2, 0.25) is 5.15 Å². The van der Waals surface area contributed by atoms with Crippen LogP contribution >= 0.6 is 11.6 Å². The highest BCUT2D eigenvalue weighted by Crippen LogP contribution is 2.20. The largest absolute Gasteiger partial charge is 0.322 e. The van der Waals surface area contributed by atoms with Crippen molar-refractivity contribution in [2.24, 2.45) is 0 Å². The second-order valence-electron chi connectivity index (χ2n) is 5.93. The number of halogens is 3. The quantitative estimate of drug-likeness (QED) is 0.425. The van der Waals surface area contributed by atoms with E-state index in [1.807, 2.05) is 13.8 Å². The van der Waals surface area contributed by atoms with Crippen molar-refractivity contribution in [2.45, 2.75) is 13.8 Å². The first-order valence-corrected chi connectivity index (χ1v) is 8.23. The number of hydrogen-bond acceptors (Lipinski definition) is 2. The van der Waals surface area contributed by atoms with Crippen LogP contribution in [0.25, 0.3) is 21.8 Å². The summed E-state index contributed by atoms with van der Waals surface area (Å²) >= 11 is 5.74. The molecule has 4 rings (SSSR count). The molecule has 0 radical (unpaired) electrons. The van der Waals surface area contributed by atoms with Crippen molar-refractivity contribution in [1.29, 1.82) is 0 Å². The van der Waals surface area contributed by atoms with E-state index in [4.69, 9.17) is 11.6 Å². The molecule has 0 saturated carbocycles. The first-order valence-electron chi connectivity index (χ1n) is 7.85. The Labute approximate surface area is 153 Å². The summed E-state index contributed by atoms with van der Waals surface area (Å²) in [6, 6.07) is 12.2. The van der Waals surface area contributed by atoms with Crippen LogP contribution in [0, 0.1) is 25.5 Å². The third-order valence-corrected chi connectivity index (χ3v) is 4.15. The molecule has 0 spiro atoms. The minimum atomic E-state index is -0.339. The molecule has 0 aliphatic carbocycles. The fourth-order valence-electron chi connectivity index (χ4n) is 2.74. The molecule has 132 valence electrons. The lowest BCUT2D eigenvalue weighted by molar-refractivity contribution is 0.629. The van der Waals surface area contributed by atoms with Crippen molar-refractivity contribution in [3.63, 3.8) is 0 Å². The molecule has 1 N–H and O–H groups in total. The van der Waals surface area contributed by atoms with Gasteiger partial charge in [-0.15, -0.1) is 0 Å². The molecule has 0 aliphatic rings. The zero-order chi connectivity index (χ0) is 18.8. The van der Waals surface area contributed by atoms with Crippen LogP contribution < -0.4 is 5.56 Å². The number of aryl methyl sites for hydroxylation is 2. The van der Waals surface area contributed by atoms with Gasteiger partial charge < -0.3 is 4.98 Å². The van der Waals surface area contributed by atoms with E-state index in [1.165, 1.54) is 30.3 Å². The van der Waals surface area contributed by atoms with Gasteiger partial charge in [0.2, 0.25) is 5.56 Å². The highest BCUT2D eigenvalue weighted by molar-refractivity contribution is 6.29. The van der Waals surface area contributed by atoms with E-state index in [0.717, 1.165) is 21.9 Å². The van der Waals surface area contributed by atoms with Gasteiger partial charge >= 0.3 is 0 Å². The molecule has 26 heavy (non-hydrogen) atoms. The number of aromatic amines is 1. The summed E-state index contributed by atoms with van der Waals surface area (Å²) < 4.78 is 25.6. The maximum Gasteiger partial charge on any atom is 0.248 e. The van der Waals surface area contributed by atoms with Crippen LogP contribution in [0.4, 0.5) is 8.78 Å². The number of hydrogen-bond donors (Lipinski definition) is 1. The molecule has 2 aromatic heterocycles. The van der Waals surface area contributed by atoms with Gasteiger partial charge in [-0.1, -0.05) is 11.6 Å². The van der Waals surface area contributed by atoms with E-state index < -0.39 is 0 Å². The van der Waals surface area contributed by atoms with E-state index in [-0.39, 0.29) is 17.2 Å². The maximum atomic E-state index is 12.8. The maximum absolute atomic E-state index is 12.8. The van der Waals surface area contributed by atoms with Crippen molar-refractivity contribution in [3.05, 3.63) is 86.8 Å². The summed E-state index contributed by atoms with van der Waals surface area (Å²) in [5.74, 6) is -0.629. The number of nitrogens with one attached hydrogen (secondary N) is 1. The second-order valence-corrected chi connectivity index (χ2v) is 6.32. The highest BCUT2D eigenvalue weighted by Gasteiger charge is 2.02. The lowest BCUT2D eigenvalue weighted by Gasteiger charge is -2.01. The number of fused-ring (bicyclic) bond motifs is 2. The smallest absolute Gasteiger partial charge is 0.248 e. The molecule has 2 heterocycles. The van der Waals surface area contributed by atoms with Crippen molar-refractivity contribution in [2.75, 3.05) is 0 Å². The second kappa shape index (κ2) is 7.22. The predicted octanol–water partition coefficient (Wildman–Crippen LogP) is 5.31. The van der Waals surface area contributed by atoms with Gasteiger partial charge in [0, 0.05) is 22.9 Å². The number of rotatable bonds is 0. The van der Waals surface area contributed by atoms with Crippen molar-refractivity contribution >= 4 is 33.4 Å². The topological polar surface area (TPSA) is 45.8 Å². The Morgan fingerprint density at radius 2 is 1.50 bits per heavy atom. The van der Waals surface area contributed by atoms with E-state index in [9.17, 15) is 13.6 Å². The lowest BCUT2D eigenvalue weighted by atomic mass is 10.1. The Morgan fingerprint density at radius 3 is 2.23 bits per heavy atom. The van der Waals surface area contributed by atoms with Gasteiger partial charge in [0.1, 0.15) is 16.8 Å². The molecule has 0 amide bonds. The first-order chi connectivity index (χ1) is 12.3. The van der Waals surface area contributed by atoms with Crippen LogP contribution in [0.5, 0.6) is 0 Å². The van der Waals surface area contributed by atoms with Crippen LogP contribution in [0.15, 0.2) is 53.3 Å². The molecule has 3 nitrogen and oxygen atoms in total. The minimum Gasteiger partial charge on any atom is -0.322 e. The Bertz CT molecular complexity index is 1170. The molecule has 0 fully saturated rings. The Morgan fingerprint density at radius 1 is 0.885 bits per heavy atom. The Hall–Kier alpha value is -2.79. The molecule has 0 atom stereocenters. The molecule has 6 heteroatoms. The zero-order valence-electron chi connectivity index (χ0n) is 14.1. The minimum absolute atomic E-state index is 0.199. The molecule has 0 aliphatic heterocycles. The van der Waals surface area contributed by atoms with Crippen LogP contribution in [0.1, 0.15) is 11.1 Å². The molecule has 0 unspecified atom stereocenters. The number of H-pyrrole nitrogens is 1. The summed E-state index contributed by atoms with van der Waals surface area (Å²) in [5.41, 5.74) is 2.82. The summed E-state index contributed by atoms with van der Waals surface area (Å²) in [6.07, 6.45) is 0. The van der Waals surface area contributed by atoms with Crippen LogP contribution in [-0.2, 0) is 0 Å². The predicted molar refractivity (Wildman–Crippen MR) is 101 cm³/mol. The molecule has 0 bridgehead atoms. The average Bonchev–Trinajstić information content (AvgIpc) is 2.54. The monoisotopic (exact) mass is 372 g/mol. The highest BCUT2D eigenvalue weighted by atomic mass is 35.5. The Balaban J connectivity index is 0.000000151. The standard InChI is InChI=1S/C10H7ClFN.C10H8FNO/c1-6-4-10(11)13-9-5-7(12)2-3-8(6)9;1-6-4-10(13)12-9-5-7(11)2-3-8(6)9/h2-5H,1H3;2-5H,1H3,(H,12,13). The molecular formula is C20H15ClF2N2O. The molecule has 0 saturated heterocycles. The fourth-order valence-corrected chi connectivity index (χ4v) is 3.00. The fraction of sp³-hybridized carbons (Fsp3) is 0.100. The first kappa shape index (κ1) is 18.0. The lowest BCUT2D eigenvalue weighted by Crippen LogP contribution is -2.04. The van der Waals surface area contributed by atoms with Crippen LogP contribution in [-0.4, -0.2) is 9.97 Å². The zero-order valence-corrected chi connectivity index (χ0v) is 14.9.